The minimum Gasteiger partial charge on any atom is -0.397 e. The molecule has 2 heterocycles. The van der Waals surface area contributed by atoms with Gasteiger partial charge in [0.1, 0.15) is 5.00 Å². The number of piperidine rings is 1. The van der Waals surface area contributed by atoms with Gasteiger partial charge in [-0.2, -0.15) is 0 Å². The number of hydrogen-bond acceptors (Lipinski definition) is 5. The predicted octanol–water partition coefficient (Wildman–Crippen LogP) is 2.37. The summed E-state index contributed by atoms with van der Waals surface area (Å²) in [5.41, 5.74) is 6.82. The number of hydrogen-bond donors (Lipinski definition) is 2. The van der Waals surface area contributed by atoms with Crippen molar-refractivity contribution in [1.82, 2.24) is 5.32 Å². The van der Waals surface area contributed by atoms with Crippen molar-refractivity contribution in [3.05, 3.63) is 10.4 Å². The van der Waals surface area contributed by atoms with Gasteiger partial charge < -0.3 is 16.0 Å². The van der Waals surface area contributed by atoms with Gasteiger partial charge in [-0.3, -0.25) is 9.59 Å². The lowest BCUT2D eigenvalue weighted by molar-refractivity contribution is 0.0964. The Balaban J connectivity index is 2.45. The van der Waals surface area contributed by atoms with E-state index in [9.17, 15) is 9.59 Å². The minimum atomic E-state index is -0.225. The van der Waals surface area contributed by atoms with E-state index in [-0.39, 0.29) is 11.7 Å². The van der Waals surface area contributed by atoms with E-state index >= 15 is 0 Å². The largest absolute Gasteiger partial charge is 0.397 e. The number of amides is 1. The normalized spacial score (nSPS) is 22.2. The summed E-state index contributed by atoms with van der Waals surface area (Å²) in [7, 11) is 1.58. The second kappa shape index (κ2) is 6.05. The highest BCUT2D eigenvalue weighted by Crippen LogP contribution is 2.40. The topological polar surface area (TPSA) is 75.4 Å². The molecule has 0 saturated carbocycles. The second-order valence-electron chi connectivity index (χ2n) is 5.85. The monoisotopic (exact) mass is 309 g/mol. The van der Waals surface area contributed by atoms with Crippen LogP contribution in [0.3, 0.4) is 0 Å². The maximum Gasteiger partial charge on any atom is 0.256 e. The first kappa shape index (κ1) is 15.8. The van der Waals surface area contributed by atoms with Crippen molar-refractivity contribution in [3.8, 4) is 0 Å². The van der Waals surface area contributed by atoms with E-state index in [4.69, 9.17) is 5.73 Å². The van der Waals surface area contributed by atoms with Crippen LogP contribution in [0.1, 0.15) is 47.2 Å². The van der Waals surface area contributed by atoms with Crippen LogP contribution in [-0.4, -0.2) is 31.8 Å². The van der Waals surface area contributed by atoms with Crippen molar-refractivity contribution in [3.63, 3.8) is 0 Å². The molecule has 21 heavy (non-hydrogen) atoms. The second-order valence-corrected chi connectivity index (χ2v) is 6.85. The lowest BCUT2D eigenvalue weighted by atomic mass is 9.89. The van der Waals surface area contributed by atoms with E-state index in [0.29, 0.717) is 28.0 Å². The van der Waals surface area contributed by atoms with Gasteiger partial charge in [0.2, 0.25) is 0 Å². The molecule has 1 saturated heterocycles. The predicted molar refractivity (Wildman–Crippen MR) is 87.3 cm³/mol. The van der Waals surface area contributed by atoms with Crippen LogP contribution >= 0.6 is 11.3 Å². The van der Waals surface area contributed by atoms with Crippen molar-refractivity contribution >= 4 is 33.7 Å². The maximum absolute atomic E-state index is 12.2. The summed E-state index contributed by atoms with van der Waals surface area (Å²) in [6, 6.07) is 0. The molecule has 0 spiro atoms. The molecule has 3 N–H and O–H groups in total. The molecule has 1 fully saturated rings. The molecule has 6 heteroatoms. The van der Waals surface area contributed by atoms with Gasteiger partial charge in [-0.1, -0.05) is 13.8 Å². The summed E-state index contributed by atoms with van der Waals surface area (Å²) in [6.45, 7) is 7.75. The Kier molecular flexibility index (Phi) is 4.56. The molecule has 2 rings (SSSR count). The number of rotatable bonds is 3. The van der Waals surface area contributed by atoms with Gasteiger partial charge in [-0.15, -0.1) is 11.3 Å². The molecular formula is C15H23N3O2S. The molecule has 0 aliphatic carbocycles. The number of nitrogens with zero attached hydrogens (tertiary/aromatic N) is 1. The molecule has 116 valence electrons. The molecule has 0 radical (unpaired) electrons. The summed E-state index contributed by atoms with van der Waals surface area (Å²) in [4.78, 5) is 26.6. The van der Waals surface area contributed by atoms with Gasteiger partial charge in [0, 0.05) is 27.1 Å². The third-order valence-corrected chi connectivity index (χ3v) is 5.69. The number of thiophene rings is 1. The van der Waals surface area contributed by atoms with Crippen molar-refractivity contribution in [1.29, 1.82) is 0 Å². The average Bonchev–Trinajstić information content (AvgIpc) is 2.79. The zero-order valence-electron chi connectivity index (χ0n) is 13.0. The third-order valence-electron chi connectivity index (χ3n) is 4.32. The van der Waals surface area contributed by atoms with Crippen molar-refractivity contribution in [2.75, 3.05) is 30.8 Å². The van der Waals surface area contributed by atoms with Crippen LogP contribution in [0.15, 0.2) is 0 Å². The fourth-order valence-electron chi connectivity index (χ4n) is 2.71. The number of nitrogens with two attached hydrogens (primary N) is 1. The summed E-state index contributed by atoms with van der Waals surface area (Å²) >= 11 is 1.34. The molecule has 0 bridgehead atoms. The molecule has 5 nitrogen and oxygen atoms in total. The van der Waals surface area contributed by atoms with E-state index in [1.165, 1.54) is 18.3 Å². The van der Waals surface area contributed by atoms with Crippen LogP contribution in [0.25, 0.3) is 0 Å². The van der Waals surface area contributed by atoms with E-state index in [0.717, 1.165) is 24.5 Å². The highest BCUT2D eigenvalue weighted by Gasteiger charge is 2.30. The van der Waals surface area contributed by atoms with Gasteiger partial charge in [0.15, 0.2) is 5.78 Å². The smallest absolute Gasteiger partial charge is 0.256 e. The van der Waals surface area contributed by atoms with Gasteiger partial charge in [-0.25, -0.2) is 0 Å². The van der Waals surface area contributed by atoms with Gasteiger partial charge in [0.05, 0.1) is 16.1 Å². The quantitative estimate of drug-likeness (QED) is 0.841. The van der Waals surface area contributed by atoms with Crippen molar-refractivity contribution in [2.24, 2.45) is 11.8 Å². The summed E-state index contributed by atoms with van der Waals surface area (Å²) < 4.78 is 0. The number of ketones is 1. The van der Waals surface area contributed by atoms with E-state index < -0.39 is 0 Å². The summed E-state index contributed by atoms with van der Waals surface area (Å²) in [5, 5.41) is 3.45. The molecular weight excluding hydrogens is 286 g/mol. The van der Waals surface area contributed by atoms with Crippen LogP contribution in [0.5, 0.6) is 0 Å². The van der Waals surface area contributed by atoms with Gasteiger partial charge >= 0.3 is 0 Å². The number of nitrogens with one attached hydrogen (secondary N) is 1. The van der Waals surface area contributed by atoms with Gasteiger partial charge in [0.25, 0.3) is 5.91 Å². The Morgan fingerprint density at radius 2 is 2.00 bits per heavy atom. The molecule has 1 aromatic heterocycles. The number of carbonyl (C=O) groups excluding carboxylic acids is 2. The third kappa shape index (κ3) is 2.90. The Hall–Kier alpha value is -1.56. The Morgan fingerprint density at radius 1 is 1.33 bits per heavy atom. The first-order valence-corrected chi connectivity index (χ1v) is 8.08. The molecule has 2 unspecified atom stereocenters. The van der Waals surface area contributed by atoms with Crippen LogP contribution < -0.4 is 16.0 Å². The Labute approximate surface area is 129 Å². The zero-order chi connectivity index (χ0) is 15.7. The molecule has 2 atom stereocenters. The van der Waals surface area contributed by atoms with Crippen LogP contribution in [0.2, 0.25) is 0 Å². The van der Waals surface area contributed by atoms with E-state index in [1.807, 2.05) is 0 Å². The average molecular weight is 309 g/mol. The lowest BCUT2D eigenvalue weighted by Gasteiger charge is -2.36. The van der Waals surface area contributed by atoms with Crippen LogP contribution in [0.4, 0.5) is 10.7 Å². The molecule has 1 aliphatic rings. The fraction of sp³-hybridized carbons (Fsp3) is 0.600. The zero-order valence-corrected chi connectivity index (χ0v) is 13.8. The minimum absolute atomic E-state index is 0.0904. The highest BCUT2D eigenvalue weighted by atomic mass is 32.1. The number of anilines is 2. The standard InChI is InChI=1S/C15H23N3O2S/c1-8-5-6-18(7-9(8)2)15-11(14(20)17-4)12(16)13(21-15)10(3)19/h8-9H,5-7,16H2,1-4H3,(H,17,20). The number of Topliss-reactive ketones (excluding diaryl/α,β-unsaturated/α-hetero) is 1. The fourth-order valence-corrected chi connectivity index (χ4v) is 3.86. The molecule has 1 amide bonds. The number of carbonyl (C=O) groups is 2. The Morgan fingerprint density at radius 3 is 2.52 bits per heavy atom. The van der Waals surface area contributed by atoms with Crippen LogP contribution in [-0.2, 0) is 0 Å². The van der Waals surface area contributed by atoms with Gasteiger partial charge in [-0.05, 0) is 18.3 Å². The first-order valence-electron chi connectivity index (χ1n) is 7.27. The summed E-state index contributed by atoms with van der Waals surface area (Å²) in [6.07, 6.45) is 1.08. The van der Waals surface area contributed by atoms with Crippen molar-refractivity contribution < 1.29 is 9.59 Å². The number of nitrogen functional groups attached to an aromatic ring is 1. The SMILES string of the molecule is CNC(=O)c1c(N2CCC(C)C(C)C2)sc(C(C)=O)c1N. The highest BCUT2D eigenvalue weighted by molar-refractivity contribution is 7.19. The lowest BCUT2D eigenvalue weighted by Crippen LogP contribution is -2.39. The summed E-state index contributed by atoms with van der Waals surface area (Å²) in [5.74, 6) is 0.916. The first-order chi connectivity index (χ1) is 9.86. The van der Waals surface area contributed by atoms with E-state index in [2.05, 4.69) is 24.1 Å². The maximum atomic E-state index is 12.2. The van der Waals surface area contributed by atoms with Crippen LogP contribution in [0, 0.1) is 11.8 Å². The molecule has 1 aliphatic heterocycles. The molecule has 1 aromatic rings. The van der Waals surface area contributed by atoms with E-state index in [1.54, 1.807) is 7.05 Å². The van der Waals surface area contributed by atoms with Crippen molar-refractivity contribution in [2.45, 2.75) is 27.2 Å². The Bertz CT molecular complexity index is 568. The molecule has 0 aromatic carbocycles.